The van der Waals surface area contributed by atoms with Gasteiger partial charge in [0.05, 0.1) is 5.60 Å². The maximum atomic E-state index is 13.6. The maximum Gasteiger partial charge on any atom is 0.127 e. The lowest BCUT2D eigenvalue weighted by molar-refractivity contribution is 0.0595. The van der Waals surface area contributed by atoms with Crippen molar-refractivity contribution in [2.24, 2.45) is 0 Å². The van der Waals surface area contributed by atoms with Crippen molar-refractivity contribution in [3.05, 3.63) is 34.1 Å². The number of hydrogen-bond acceptors (Lipinski definition) is 2. The molecule has 1 aromatic rings. The van der Waals surface area contributed by atoms with Crippen LogP contribution in [0.2, 0.25) is 0 Å². The van der Waals surface area contributed by atoms with Crippen molar-refractivity contribution in [2.75, 3.05) is 13.1 Å². The zero-order valence-corrected chi connectivity index (χ0v) is 11.8. The molecule has 0 aliphatic carbocycles. The summed E-state index contributed by atoms with van der Waals surface area (Å²) >= 11 is 3.21. The van der Waals surface area contributed by atoms with Gasteiger partial charge in [0, 0.05) is 17.4 Å². The molecular formula is C13H19BrFNO. The van der Waals surface area contributed by atoms with Crippen LogP contribution in [0, 0.1) is 5.82 Å². The fourth-order valence-electron chi connectivity index (χ4n) is 1.67. The molecule has 0 radical (unpaired) electrons. The van der Waals surface area contributed by atoms with Gasteiger partial charge in [-0.2, -0.15) is 0 Å². The van der Waals surface area contributed by atoms with E-state index in [1.807, 2.05) is 0 Å². The minimum Gasteiger partial charge on any atom is -0.389 e. The molecule has 1 atom stereocenters. The molecule has 2 N–H and O–H groups in total. The molecule has 1 rings (SSSR count). The highest BCUT2D eigenvalue weighted by molar-refractivity contribution is 9.10. The van der Waals surface area contributed by atoms with Gasteiger partial charge in [-0.05, 0) is 37.6 Å². The van der Waals surface area contributed by atoms with Crippen LogP contribution in [0.1, 0.15) is 25.8 Å². The summed E-state index contributed by atoms with van der Waals surface area (Å²) < 4.78 is 14.3. The number of hydrogen-bond donors (Lipinski definition) is 2. The van der Waals surface area contributed by atoms with E-state index in [1.165, 1.54) is 6.07 Å². The topological polar surface area (TPSA) is 32.3 Å². The van der Waals surface area contributed by atoms with E-state index < -0.39 is 5.60 Å². The van der Waals surface area contributed by atoms with Crippen LogP contribution in [0.4, 0.5) is 4.39 Å². The Labute approximate surface area is 110 Å². The van der Waals surface area contributed by atoms with Crippen molar-refractivity contribution in [3.8, 4) is 0 Å². The van der Waals surface area contributed by atoms with Gasteiger partial charge in [-0.1, -0.05) is 28.9 Å². The average Bonchev–Trinajstić information content (AvgIpc) is 2.22. The summed E-state index contributed by atoms with van der Waals surface area (Å²) in [6.07, 6.45) is 1.32. The van der Waals surface area contributed by atoms with Crippen LogP contribution in [-0.4, -0.2) is 23.8 Å². The number of benzene rings is 1. The summed E-state index contributed by atoms with van der Waals surface area (Å²) in [5.74, 6) is -0.282. The van der Waals surface area contributed by atoms with E-state index in [-0.39, 0.29) is 5.82 Å². The molecule has 4 heteroatoms. The Hall–Kier alpha value is -0.450. The molecule has 0 saturated carbocycles. The van der Waals surface area contributed by atoms with E-state index in [0.29, 0.717) is 23.0 Å². The fraction of sp³-hybridized carbons (Fsp3) is 0.538. The van der Waals surface area contributed by atoms with Crippen LogP contribution in [-0.2, 0) is 6.42 Å². The van der Waals surface area contributed by atoms with Crippen LogP contribution in [0.15, 0.2) is 22.7 Å². The van der Waals surface area contributed by atoms with Crippen molar-refractivity contribution in [1.82, 2.24) is 5.32 Å². The van der Waals surface area contributed by atoms with Gasteiger partial charge in [0.2, 0.25) is 0 Å². The van der Waals surface area contributed by atoms with E-state index in [1.54, 1.807) is 19.1 Å². The molecular weight excluding hydrogens is 285 g/mol. The highest BCUT2D eigenvalue weighted by Gasteiger charge is 2.22. The SMILES string of the molecule is CCCNCC(C)(O)Cc1ccc(Br)cc1F. The quantitative estimate of drug-likeness (QED) is 0.792. The van der Waals surface area contributed by atoms with Gasteiger partial charge >= 0.3 is 0 Å². The van der Waals surface area contributed by atoms with Gasteiger partial charge in [-0.3, -0.25) is 0 Å². The lowest BCUT2D eigenvalue weighted by atomic mass is 9.96. The summed E-state index contributed by atoms with van der Waals surface area (Å²) in [4.78, 5) is 0. The van der Waals surface area contributed by atoms with Crippen molar-refractivity contribution in [2.45, 2.75) is 32.3 Å². The third kappa shape index (κ3) is 5.15. The first-order valence-corrected chi connectivity index (χ1v) is 6.61. The maximum absolute atomic E-state index is 13.6. The lowest BCUT2D eigenvalue weighted by Crippen LogP contribution is -2.40. The molecule has 1 aromatic carbocycles. The Morgan fingerprint density at radius 1 is 1.47 bits per heavy atom. The summed E-state index contributed by atoms with van der Waals surface area (Å²) in [5.41, 5.74) is -0.388. The molecule has 0 saturated heterocycles. The van der Waals surface area contributed by atoms with Gasteiger partial charge < -0.3 is 10.4 Å². The van der Waals surface area contributed by atoms with Crippen LogP contribution < -0.4 is 5.32 Å². The van der Waals surface area contributed by atoms with Crippen LogP contribution in [0.5, 0.6) is 0 Å². The Morgan fingerprint density at radius 3 is 2.76 bits per heavy atom. The largest absolute Gasteiger partial charge is 0.389 e. The molecule has 0 aliphatic rings. The third-order valence-corrected chi connectivity index (χ3v) is 3.01. The van der Waals surface area contributed by atoms with Crippen LogP contribution >= 0.6 is 15.9 Å². The molecule has 0 spiro atoms. The first-order valence-electron chi connectivity index (χ1n) is 5.81. The summed E-state index contributed by atoms with van der Waals surface area (Å²) in [7, 11) is 0. The second kappa shape index (κ2) is 6.47. The fourth-order valence-corrected chi connectivity index (χ4v) is 2.01. The van der Waals surface area contributed by atoms with Crippen molar-refractivity contribution in [1.29, 1.82) is 0 Å². The minimum atomic E-state index is -0.927. The average molecular weight is 304 g/mol. The number of rotatable bonds is 6. The zero-order valence-electron chi connectivity index (χ0n) is 10.3. The zero-order chi connectivity index (χ0) is 12.9. The van der Waals surface area contributed by atoms with E-state index >= 15 is 0 Å². The molecule has 2 nitrogen and oxygen atoms in total. The van der Waals surface area contributed by atoms with Gasteiger partial charge in [-0.25, -0.2) is 4.39 Å². The number of halogens is 2. The standard InChI is InChI=1S/C13H19BrFNO/c1-3-6-16-9-13(2,17)8-10-4-5-11(14)7-12(10)15/h4-5,7,16-17H,3,6,8-9H2,1-2H3. The molecule has 0 fully saturated rings. The molecule has 0 amide bonds. The monoisotopic (exact) mass is 303 g/mol. The summed E-state index contributed by atoms with van der Waals surface area (Å²) in [5, 5.41) is 13.3. The van der Waals surface area contributed by atoms with Gasteiger partial charge in [0.15, 0.2) is 0 Å². The summed E-state index contributed by atoms with van der Waals surface area (Å²) in [6, 6.07) is 4.91. The Bertz CT molecular complexity index is 368. The van der Waals surface area contributed by atoms with Crippen molar-refractivity contribution in [3.63, 3.8) is 0 Å². The third-order valence-electron chi connectivity index (χ3n) is 2.52. The lowest BCUT2D eigenvalue weighted by Gasteiger charge is -2.24. The second-order valence-corrected chi connectivity index (χ2v) is 5.50. The minimum absolute atomic E-state index is 0.282. The smallest absolute Gasteiger partial charge is 0.127 e. The normalized spacial score (nSPS) is 14.6. The summed E-state index contributed by atoms with van der Waals surface area (Å²) in [6.45, 7) is 5.11. The van der Waals surface area contributed by atoms with Crippen molar-refractivity contribution < 1.29 is 9.50 Å². The predicted molar refractivity (Wildman–Crippen MR) is 71.6 cm³/mol. The second-order valence-electron chi connectivity index (χ2n) is 4.59. The molecule has 17 heavy (non-hydrogen) atoms. The molecule has 1 unspecified atom stereocenters. The van der Waals surface area contributed by atoms with E-state index in [2.05, 4.69) is 28.2 Å². The molecule has 0 aromatic heterocycles. The van der Waals surface area contributed by atoms with Crippen molar-refractivity contribution >= 4 is 15.9 Å². The van der Waals surface area contributed by atoms with Gasteiger partial charge in [-0.15, -0.1) is 0 Å². The highest BCUT2D eigenvalue weighted by atomic mass is 79.9. The Balaban J connectivity index is 2.62. The first kappa shape index (κ1) is 14.6. The Kier molecular flexibility index (Phi) is 5.56. The molecule has 0 aliphatic heterocycles. The van der Waals surface area contributed by atoms with E-state index in [9.17, 15) is 9.50 Å². The Morgan fingerprint density at radius 2 is 2.18 bits per heavy atom. The van der Waals surface area contributed by atoms with Crippen LogP contribution in [0.3, 0.4) is 0 Å². The molecule has 0 bridgehead atoms. The highest BCUT2D eigenvalue weighted by Crippen LogP contribution is 2.19. The molecule has 96 valence electrons. The number of nitrogens with one attached hydrogen (secondary N) is 1. The van der Waals surface area contributed by atoms with Gasteiger partial charge in [0.1, 0.15) is 5.82 Å². The first-order chi connectivity index (χ1) is 7.94. The van der Waals surface area contributed by atoms with E-state index in [4.69, 9.17) is 0 Å². The van der Waals surface area contributed by atoms with E-state index in [0.717, 1.165) is 13.0 Å². The number of aliphatic hydroxyl groups is 1. The predicted octanol–water partition coefficient (Wildman–Crippen LogP) is 2.88. The van der Waals surface area contributed by atoms with Gasteiger partial charge in [0.25, 0.3) is 0 Å². The van der Waals surface area contributed by atoms with Crippen LogP contribution in [0.25, 0.3) is 0 Å². The molecule has 0 heterocycles.